The summed E-state index contributed by atoms with van der Waals surface area (Å²) in [6.45, 7) is 0.757. The van der Waals surface area contributed by atoms with Crippen LogP contribution in [-0.4, -0.2) is 29.4 Å². The number of rotatable bonds is 10. The molecular formula is C25H27N3O2. The highest BCUT2D eigenvalue weighted by molar-refractivity contribution is 5.99. The molecule has 0 saturated heterocycles. The molecule has 3 heterocycles. The Morgan fingerprint density at radius 2 is 1.87 bits per heavy atom. The fourth-order valence-corrected chi connectivity index (χ4v) is 3.45. The van der Waals surface area contributed by atoms with Crippen molar-refractivity contribution >= 4 is 11.8 Å². The number of hydrogen-bond acceptors (Lipinski definition) is 3. The molecule has 1 aromatic carbocycles. The minimum absolute atomic E-state index is 0.757. The molecule has 0 bridgehead atoms. The second-order valence-electron chi connectivity index (χ2n) is 7.23. The van der Waals surface area contributed by atoms with E-state index in [1.165, 1.54) is 0 Å². The maximum Gasteiger partial charge on any atom is 0.144 e. The first kappa shape index (κ1) is 19.8. The number of aliphatic imine (C=N–C) groups is 1. The lowest BCUT2D eigenvalue weighted by Crippen LogP contribution is -1.98. The minimum Gasteiger partial charge on any atom is -0.494 e. The van der Waals surface area contributed by atoms with E-state index in [9.17, 15) is 0 Å². The Bertz CT molecular complexity index is 1030. The van der Waals surface area contributed by atoms with Gasteiger partial charge in [-0.1, -0.05) is 18.2 Å². The Balaban J connectivity index is 1.26. The Labute approximate surface area is 177 Å². The molecule has 1 aliphatic rings. The van der Waals surface area contributed by atoms with Gasteiger partial charge in [0.2, 0.25) is 0 Å². The lowest BCUT2D eigenvalue weighted by Gasteiger charge is -2.05. The van der Waals surface area contributed by atoms with Crippen LogP contribution in [0.3, 0.4) is 0 Å². The van der Waals surface area contributed by atoms with Crippen LogP contribution in [0.15, 0.2) is 77.6 Å². The highest BCUT2D eigenvalue weighted by atomic mass is 16.5. The van der Waals surface area contributed by atoms with Crippen LogP contribution in [0.5, 0.6) is 11.5 Å². The number of H-pyrrole nitrogens is 2. The van der Waals surface area contributed by atoms with E-state index >= 15 is 0 Å². The molecule has 5 heteroatoms. The van der Waals surface area contributed by atoms with Crippen molar-refractivity contribution in [1.82, 2.24) is 9.97 Å². The van der Waals surface area contributed by atoms with E-state index < -0.39 is 0 Å². The summed E-state index contributed by atoms with van der Waals surface area (Å²) in [6.07, 6.45) is 12.4. The molecule has 0 atom stereocenters. The Kier molecular flexibility index (Phi) is 6.50. The van der Waals surface area contributed by atoms with E-state index in [1.807, 2.05) is 60.8 Å². The van der Waals surface area contributed by atoms with Gasteiger partial charge in [-0.2, -0.15) is 0 Å². The summed E-state index contributed by atoms with van der Waals surface area (Å²) in [5.41, 5.74) is 5.01. The predicted octanol–water partition coefficient (Wildman–Crippen LogP) is 6.01. The zero-order chi connectivity index (χ0) is 20.6. The summed E-state index contributed by atoms with van der Waals surface area (Å²) < 4.78 is 11.3. The summed E-state index contributed by atoms with van der Waals surface area (Å²) in [5, 5.41) is 0. The topological polar surface area (TPSA) is 62.4 Å². The average molecular weight is 402 g/mol. The maximum atomic E-state index is 5.74. The smallest absolute Gasteiger partial charge is 0.144 e. The fraction of sp³-hybridized carbons (Fsp3) is 0.240. The largest absolute Gasteiger partial charge is 0.494 e. The number of nitrogens with one attached hydrogen (secondary N) is 2. The van der Waals surface area contributed by atoms with Crippen LogP contribution in [0.4, 0.5) is 0 Å². The molecule has 0 aliphatic carbocycles. The van der Waals surface area contributed by atoms with E-state index in [-0.39, 0.29) is 0 Å². The molecule has 3 aromatic rings. The lowest BCUT2D eigenvalue weighted by molar-refractivity contribution is 0.306. The van der Waals surface area contributed by atoms with Crippen LogP contribution in [0, 0.1) is 0 Å². The fourth-order valence-electron chi connectivity index (χ4n) is 3.45. The van der Waals surface area contributed by atoms with Crippen LogP contribution < -0.4 is 9.47 Å². The van der Waals surface area contributed by atoms with Crippen molar-refractivity contribution < 1.29 is 9.47 Å². The molecule has 154 valence electrons. The monoisotopic (exact) mass is 401 g/mol. The molecule has 0 fully saturated rings. The van der Waals surface area contributed by atoms with Gasteiger partial charge in [0.05, 0.1) is 36.5 Å². The quantitative estimate of drug-likeness (QED) is 0.409. The van der Waals surface area contributed by atoms with Gasteiger partial charge in [0.1, 0.15) is 11.5 Å². The van der Waals surface area contributed by atoms with E-state index in [4.69, 9.17) is 14.5 Å². The third-order valence-corrected chi connectivity index (χ3v) is 5.02. The summed E-state index contributed by atoms with van der Waals surface area (Å²) in [4.78, 5) is 11.4. The van der Waals surface area contributed by atoms with Gasteiger partial charge < -0.3 is 19.4 Å². The Morgan fingerprint density at radius 1 is 0.967 bits per heavy atom. The van der Waals surface area contributed by atoms with Crippen molar-refractivity contribution in [3.63, 3.8) is 0 Å². The summed E-state index contributed by atoms with van der Waals surface area (Å²) in [7, 11) is 1.68. The zero-order valence-electron chi connectivity index (χ0n) is 17.2. The first-order valence-electron chi connectivity index (χ1n) is 10.4. The molecule has 2 N–H and O–H groups in total. The molecule has 4 rings (SSSR count). The summed E-state index contributed by atoms with van der Waals surface area (Å²) in [6, 6.07) is 16.0. The second-order valence-corrected chi connectivity index (χ2v) is 7.23. The number of hydrogen-bond donors (Lipinski definition) is 2. The van der Waals surface area contributed by atoms with Crippen molar-refractivity contribution in [2.45, 2.75) is 25.7 Å². The van der Waals surface area contributed by atoms with E-state index in [0.29, 0.717) is 0 Å². The molecule has 1 aliphatic heterocycles. The van der Waals surface area contributed by atoms with Gasteiger partial charge in [0.25, 0.3) is 0 Å². The van der Waals surface area contributed by atoms with Gasteiger partial charge >= 0.3 is 0 Å². The molecule has 5 nitrogen and oxygen atoms in total. The van der Waals surface area contributed by atoms with E-state index in [1.54, 1.807) is 7.11 Å². The molecule has 0 spiro atoms. The van der Waals surface area contributed by atoms with Crippen LogP contribution in [0.25, 0.3) is 17.5 Å². The van der Waals surface area contributed by atoms with Crippen molar-refractivity contribution in [1.29, 1.82) is 0 Å². The number of unbranched alkanes of at least 4 members (excludes halogenated alkanes) is 2. The summed E-state index contributed by atoms with van der Waals surface area (Å²) in [5.74, 6) is 1.75. The highest BCUT2D eigenvalue weighted by Crippen LogP contribution is 2.29. The van der Waals surface area contributed by atoms with Crippen molar-refractivity contribution in [2.75, 3.05) is 13.7 Å². The Morgan fingerprint density at radius 3 is 2.67 bits per heavy atom. The van der Waals surface area contributed by atoms with Crippen LogP contribution in [0.1, 0.15) is 31.4 Å². The number of methoxy groups -OCH3 is 1. The van der Waals surface area contributed by atoms with Gasteiger partial charge in [0.15, 0.2) is 0 Å². The molecule has 0 unspecified atom stereocenters. The van der Waals surface area contributed by atoms with Gasteiger partial charge in [-0.05, 0) is 68.2 Å². The number of allylic oxidation sites excluding steroid dienone is 2. The van der Waals surface area contributed by atoms with E-state index in [0.717, 1.165) is 72.3 Å². The number of aromatic amines is 2. The lowest BCUT2D eigenvalue weighted by atomic mass is 10.1. The number of benzene rings is 1. The van der Waals surface area contributed by atoms with Gasteiger partial charge in [-0.15, -0.1) is 0 Å². The molecule has 2 aromatic heterocycles. The third kappa shape index (κ3) is 5.11. The zero-order valence-corrected chi connectivity index (χ0v) is 17.2. The van der Waals surface area contributed by atoms with E-state index in [2.05, 4.69) is 22.1 Å². The number of aromatic nitrogens is 2. The van der Waals surface area contributed by atoms with Crippen molar-refractivity contribution in [3.8, 4) is 22.9 Å². The SMILES string of the molecule is COc1cc(-c2ccc[nH]2)[nH]c1/C=C1\C=CC(CCCCCOc2ccccc2)=N1. The molecule has 0 amide bonds. The first-order chi connectivity index (χ1) is 14.8. The van der Waals surface area contributed by atoms with Gasteiger partial charge in [0, 0.05) is 18.0 Å². The van der Waals surface area contributed by atoms with Crippen LogP contribution in [0.2, 0.25) is 0 Å². The predicted molar refractivity (Wildman–Crippen MR) is 122 cm³/mol. The van der Waals surface area contributed by atoms with Crippen LogP contribution in [-0.2, 0) is 0 Å². The second kappa shape index (κ2) is 9.83. The van der Waals surface area contributed by atoms with Crippen molar-refractivity contribution in [3.05, 3.63) is 78.3 Å². The van der Waals surface area contributed by atoms with Gasteiger partial charge in [-0.25, -0.2) is 0 Å². The molecular weight excluding hydrogens is 374 g/mol. The normalized spacial score (nSPS) is 14.3. The van der Waals surface area contributed by atoms with Crippen molar-refractivity contribution in [2.24, 2.45) is 4.99 Å². The number of nitrogens with zero attached hydrogens (tertiary/aromatic N) is 1. The molecule has 0 radical (unpaired) electrons. The standard InChI is InChI=1S/C25H27N3O2/c1-29-25-18-23(22-12-8-15-26-22)28-24(25)17-20-14-13-19(27-20)9-4-3-7-16-30-21-10-5-2-6-11-21/h2,5-6,8,10-15,17-18,26,28H,3-4,7,9,16H2,1H3/b20-17+. The van der Waals surface area contributed by atoms with Crippen LogP contribution >= 0.6 is 0 Å². The maximum absolute atomic E-state index is 5.74. The van der Waals surface area contributed by atoms with Gasteiger partial charge in [-0.3, -0.25) is 4.99 Å². The highest BCUT2D eigenvalue weighted by Gasteiger charge is 2.11. The minimum atomic E-state index is 0.757. The molecule has 0 saturated carbocycles. The Hall–Kier alpha value is -3.47. The first-order valence-corrected chi connectivity index (χ1v) is 10.4. The average Bonchev–Trinajstić information content (AvgIpc) is 3.52. The third-order valence-electron chi connectivity index (χ3n) is 5.02. The summed E-state index contributed by atoms with van der Waals surface area (Å²) >= 11 is 0. The number of ether oxygens (including phenoxy) is 2. The molecule has 30 heavy (non-hydrogen) atoms. The number of para-hydroxylation sites is 1.